The summed E-state index contributed by atoms with van der Waals surface area (Å²) in [5.74, 6) is -2.10. The standard InChI is InChI=1S/C24H32F2N4O4.C22H24N4O7/c25-19-9-3-5-11-21(19)33-17-15-29-23(31)27-13-7-1-2-8-14-28-24(32)30-16-18-34-22-12-6-4-10-20(22)26;1-31-21(29)17-7-3-15(4-8-17)11-23-25-19(27)13-33-14-20(28)26-24-12-16-5-9-18(10-6-16)22(30)32-2/h3-6,9-12H,1-2,7-8,13-18H2,(H2,27,29,31)(H2,28,30,32);3-12,21,29H,13-14H2,1-2H3,(H,25,27)(H,26,28)/b;23-11+,24-12+. The van der Waals surface area contributed by atoms with Crippen LogP contribution in [-0.4, -0.2) is 114 Å². The number of hydrogen-bond acceptors (Lipinski definition) is 13. The number of para-hydroxylation sites is 2. The molecule has 0 saturated carbocycles. The minimum Gasteiger partial charge on any atom is -0.489 e. The van der Waals surface area contributed by atoms with Crippen molar-refractivity contribution in [1.29, 1.82) is 0 Å². The van der Waals surface area contributed by atoms with Gasteiger partial charge in [0.05, 0.1) is 38.2 Å². The highest BCUT2D eigenvalue weighted by Crippen LogP contribution is 2.16. The number of nitrogens with zero attached hydrogens (tertiary/aromatic N) is 2. The van der Waals surface area contributed by atoms with E-state index in [4.69, 9.17) is 18.9 Å². The Labute approximate surface area is 386 Å². The summed E-state index contributed by atoms with van der Waals surface area (Å²) in [6.07, 6.45) is 5.27. The Morgan fingerprint density at radius 1 is 0.597 bits per heavy atom. The van der Waals surface area contributed by atoms with Crippen LogP contribution in [0, 0.1) is 11.6 Å². The molecule has 0 aliphatic carbocycles. The number of esters is 1. The van der Waals surface area contributed by atoms with Crippen LogP contribution in [-0.2, 0) is 23.8 Å². The van der Waals surface area contributed by atoms with Gasteiger partial charge in [-0.05, 0) is 60.4 Å². The number of urea groups is 2. The van der Waals surface area contributed by atoms with E-state index in [2.05, 4.69) is 47.1 Å². The molecule has 0 aliphatic heterocycles. The van der Waals surface area contributed by atoms with E-state index in [0.29, 0.717) is 35.3 Å². The number of halogens is 2. The molecule has 0 heterocycles. The molecular weight excluding hydrogens is 879 g/mol. The van der Waals surface area contributed by atoms with Gasteiger partial charge >= 0.3 is 18.0 Å². The molecular formula is C46H56F2N8O11. The van der Waals surface area contributed by atoms with Gasteiger partial charge in [0.2, 0.25) is 0 Å². The molecule has 6 amide bonds. The highest BCUT2D eigenvalue weighted by atomic mass is 19.1. The van der Waals surface area contributed by atoms with Crippen molar-refractivity contribution in [2.24, 2.45) is 10.2 Å². The molecule has 1 atom stereocenters. The number of ether oxygens (including phenoxy) is 5. The van der Waals surface area contributed by atoms with Crippen molar-refractivity contribution in [3.05, 3.63) is 131 Å². The Balaban J connectivity index is 0.000000355. The van der Waals surface area contributed by atoms with Gasteiger partial charge in [-0.1, -0.05) is 73.5 Å². The number of benzene rings is 4. The van der Waals surface area contributed by atoms with Gasteiger partial charge in [-0.3, -0.25) is 9.59 Å². The number of amides is 6. The monoisotopic (exact) mass is 934 g/mol. The average Bonchev–Trinajstić information content (AvgIpc) is 3.33. The number of hydrogen-bond donors (Lipinski definition) is 7. The quantitative estimate of drug-likeness (QED) is 0.0154. The van der Waals surface area contributed by atoms with Crippen LogP contribution >= 0.6 is 0 Å². The second-order valence-corrected chi connectivity index (χ2v) is 13.8. The largest absolute Gasteiger partial charge is 0.489 e. The van der Waals surface area contributed by atoms with Crippen molar-refractivity contribution < 1.29 is 61.5 Å². The average molecular weight is 935 g/mol. The third kappa shape index (κ3) is 23.3. The number of carbonyl (C=O) groups is 5. The van der Waals surface area contributed by atoms with E-state index < -0.39 is 35.7 Å². The predicted molar refractivity (Wildman–Crippen MR) is 244 cm³/mol. The number of aliphatic hydroxyl groups excluding tert-OH is 1. The molecule has 7 N–H and O–H groups in total. The summed E-state index contributed by atoms with van der Waals surface area (Å²) in [6.45, 7) is 1.21. The summed E-state index contributed by atoms with van der Waals surface area (Å²) in [5, 5.41) is 27.9. The Kier molecular flexibility index (Phi) is 25.9. The summed E-state index contributed by atoms with van der Waals surface area (Å²) in [4.78, 5) is 58.2. The molecule has 0 aromatic heterocycles. The van der Waals surface area contributed by atoms with Gasteiger partial charge < -0.3 is 50.1 Å². The van der Waals surface area contributed by atoms with E-state index >= 15 is 0 Å². The maximum absolute atomic E-state index is 13.4. The van der Waals surface area contributed by atoms with E-state index in [9.17, 15) is 37.9 Å². The Hall–Kier alpha value is -7.49. The fourth-order valence-electron chi connectivity index (χ4n) is 5.27. The van der Waals surface area contributed by atoms with Gasteiger partial charge in [0.1, 0.15) is 26.4 Å². The number of nitrogens with one attached hydrogen (secondary N) is 6. The van der Waals surface area contributed by atoms with E-state index in [1.54, 1.807) is 72.8 Å². The highest BCUT2D eigenvalue weighted by Gasteiger charge is 2.08. The Morgan fingerprint density at radius 2 is 1.03 bits per heavy atom. The van der Waals surface area contributed by atoms with Crippen molar-refractivity contribution in [1.82, 2.24) is 32.1 Å². The molecule has 0 spiro atoms. The first-order valence-corrected chi connectivity index (χ1v) is 21.0. The minimum atomic E-state index is -1.00. The molecule has 0 saturated heterocycles. The van der Waals surface area contributed by atoms with Gasteiger partial charge in [-0.25, -0.2) is 34.0 Å². The van der Waals surface area contributed by atoms with Crippen LogP contribution < -0.4 is 41.6 Å². The van der Waals surface area contributed by atoms with Crippen LogP contribution in [0.15, 0.2) is 107 Å². The van der Waals surface area contributed by atoms with Crippen LogP contribution in [0.5, 0.6) is 11.5 Å². The normalized spacial score (nSPS) is 11.1. The van der Waals surface area contributed by atoms with E-state index in [1.165, 1.54) is 50.9 Å². The summed E-state index contributed by atoms with van der Waals surface area (Å²) in [6, 6.07) is 24.8. The molecule has 0 aliphatic rings. The van der Waals surface area contributed by atoms with Gasteiger partial charge in [-0.15, -0.1) is 0 Å². The first-order chi connectivity index (χ1) is 32.5. The van der Waals surface area contributed by atoms with Gasteiger partial charge in [-0.2, -0.15) is 10.2 Å². The van der Waals surface area contributed by atoms with Crippen LogP contribution in [0.2, 0.25) is 0 Å². The van der Waals surface area contributed by atoms with Crippen molar-refractivity contribution in [3.63, 3.8) is 0 Å². The molecule has 0 fully saturated rings. The first-order valence-electron chi connectivity index (χ1n) is 21.0. The molecule has 4 rings (SSSR count). The molecule has 19 nitrogen and oxygen atoms in total. The predicted octanol–water partition coefficient (Wildman–Crippen LogP) is 4.31. The van der Waals surface area contributed by atoms with E-state index in [0.717, 1.165) is 25.7 Å². The fourth-order valence-corrected chi connectivity index (χ4v) is 5.27. The Bertz CT molecular complexity index is 2110. The summed E-state index contributed by atoms with van der Waals surface area (Å²) >= 11 is 0. The highest BCUT2D eigenvalue weighted by molar-refractivity contribution is 5.91. The van der Waals surface area contributed by atoms with Gasteiger partial charge in [0.15, 0.2) is 29.4 Å². The number of unbranched alkanes of at least 4 members (excludes halogenated alkanes) is 3. The third-order valence-corrected chi connectivity index (χ3v) is 8.69. The lowest BCUT2D eigenvalue weighted by Gasteiger charge is -2.10. The zero-order valence-corrected chi connectivity index (χ0v) is 37.1. The summed E-state index contributed by atoms with van der Waals surface area (Å²) in [7, 11) is 2.69. The lowest BCUT2D eigenvalue weighted by atomic mass is 10.1. The lowest BCUT2D eigenvalue weighted by molar-refractivity contribution is -0.130. The Morgan fingerprint density at radius 3 is 1.46 bits per heavy atom. The number of aliphatic hydroxyl groups is 1. The second kappa shape index (κ2) is 32.2. The second-order valence-electron chi connectivity index (χ2n) is 13.8. The number of carbonyl (C=O) groups excluding carboxylic acids is 5. The summed E-state index contributed by atoms with van der Waals surface area (Å²) < 4.78 is 51.7. The van der Waals surface area contributed by atoms with Crippen LogP contribution in [0.25, 0.3) is 0 Å². The number of hydrazone groups is 2. The topological polar surface area (TPSA) is 249 Å². The number of methoxy groups -OCH3 is 2. The van der Waals surface area contributed by atoms with Crippen LogP contribution in [0.4, 0.5) is 18.4 Å². The maximum atomic E-state index is 13.4. The molecule has 67 heavy (non-hydrogen) atoms. The molecule has 4 aromatic rings. The zero-order chi connectivity index (χ0) is 48.5. The van der Waals surface area contributed by atoms with E-state index in [-0.39, 0.29) is 63.1 Å². The van der Waals surface area contributed by atoms with Crippen molar-refractivity contribution in [2.75, 3.05) is 66.8 Å². The first kappa shape index (κ1) is 53.8. The SMILES string of the molecule is COC(=O)c1ccc(/C=N/NC(=O)COCC(=O)N/N=C/c2ccc(C(O)OC)cc2)cc1.O=C(NCCCCCCNC(=O)NCCOc1ccccc1F)NCCOc1ccccc1F. The van der Waals surface area contributed by atoms with Crippen LogP contribution in [0.3, 0.4) is 0 Å². The molecule has 0 radical (unpaired) electrons. The molecule has 21 heteroatoms. The summed E-state index contributed by atoms with van der Waals surface area (Å²) in [5.41, 5.74) is 6.87. The fraction of sp³-hybridized carbons (Fsp3) is 0.326. The lowest BCUT2D eigenvalue weighted by Crippen LogP contribution is -2.38. The zero-order valence-electron chi connectivity index (χ0n) is 37.1. The molecule has 4 aromatic carbocycles. The smallest absolute Gasteiger partial charge is 0.337 e. The maximum Gasteiger partial charge on any atom is 0.337 e. The van der Waals surface area contributed by atoms with E-state index in [1.807, 2.05) is 0 Å². The molecule has 1 unspecified atom stereocenters. The van der Waals surface area contributed by atoms with Gasteiger partial charge in [0.25, 0.3) is 11.8 Å². The van der Waals surface area contributed by atoms with Crippen molar-refractivity contribution in [3.8, 4) is 11.5 Å². The van der Waals surface area contributed by atoms with Crippen molar-refractivity contribution >= 4 is 42.3 Å². The third-order valence-electron chi connectivity index (χ3n) is 8.69. The minimum absolute atomic E-state index is 0.158. The molecule has 360 valence electrons. The van der Waals surface area contributed by atoms with Crippen molar-refractivity contribution in [2.45, 2.75) is 32.0 Å². The number of rotatable bonds is 26. The van der Waals surface area contributed by atoms with Crippen LogP contribution in [0.1, 0.15) is 59.0 Å². The molecule has 0 bridgehead atoms. The van der Waals surface area contributed by atoms with Gasteiger partial charge in [0, 0.05) is 25.8 Å².